The second-order valence-electron chi connectivity index (χ2n) is 7.79. The molecule has 4 aromatic carbocycles. The van der Waals surface area contributed by atoms with Gasteiger partial charge in [-0.2, -0.15) is 0 Å². The van der Waals surface area contributed by atoms with Crippen LogP contribution in [0.2, 0.25) is 0 Å². The fourth-order valence-electron chi connectivity index (χ4n) is 4.09. The van der Waals surface area contributed by atoms with Crippen LogP contribution in [-0.2, 0) is 0 Å². The maximum atomic E-state index is 12.6. The highest BCUT2D eigenvalue weighted by molar-refractivity contribution is 6.07. The van der Waals surface area contributed by atoms with Crippen molar-refractivity contribution in [2.24, 2.45) is 0 Å². The van der Waals surface area contributed by atoms with Gasteiger partial charge in [-0.15, -0.1) is 0 Å². The van der Waals surface area contributed by atoms with E-state index in [0.717, 1.165) is 37.3 Å². The van der Waals surface area contributed by atoms with Crippen LogP contribution >= 0.6 is 0 Å². The van der Waals surface area contributed by atoms with Gasteiger partial charge >= 0.3 is 0 Å². The Morgan fingerprint density at radius 3 is 2.17 bits per heavy atom. The predicted molar refractivity (Wildman–Crippen MR) is 126 cm³/mol. The molecular formula is C27H24N2O. The lowest BCUT2D eigenvalue weighted by molar-refractivity contribution is 0.104. The number of fused-ring (bicyclic) bond motifs is 2. The first kappa shape index (κ1) is 18.6. The summed E-state index contributed by atoms with van der Waals surface area (Å²) in [6, 6.07) is 27.1. The molecule has 30 heavy (non-hydrogen) atoms. The molecule has 0 saturated carbocycles. The first-order chi connectivity index (χ1) is 14.8. The zero-order chi connectivity index (χ0) is 20.3. The van der Waals surface area contributed by atoms with E-state index in [0.29, 0.717) is 0 Å². The van der Waals surface area contributed by atoms with Crippen LogP contribution in [0.3, 0.4) is 0 Å². The van der Waals surface area contributed by atoms with E-state index in [-0.39, 0.29) is 5.78 Å². The van der Waals surface area contributed by atoms with Crippen molar-refractivity contribution in [3.63, 3.8) is 0 Å². The van der Waals surface area contributed by atoms with Crippen molar-refractivity contribution in [1.29, 1.82) is 0 Å². The number of nitrogens with one attached hydrogen (secondary N) is 1. The summed E-state index contributed by atoms with van der Waals surface area (Å²) < 4.78 is 0. The second-order valence-corrected chi connectivity index (χ2v) is 7.79. The highest BCUT2D eigenvalue weighted by Crippen LogP contribution is 2.24. The van der Waals surface area contributed by atoms with Gasteiger partial charge in [-0.1, -0.05) is 42.5 Å². The lowest BCUT2D eigenvalue weighted by Crippen LogP contribution is -2.43. The molecule has 0 atom stereocenters. The molecule has 5 rings (SSSR count). The van der Waals surface area contributed by atoms with Crippen LogP contribution < -0.4 is 10.2 Å². The topological polar surface area (TPSA) is 32.3 Å². The van der Waals surface area contributed by atoms with Crippen molar-refractivity contribution in [3.8, 4) is 0 Å². The number of carbonyl (C=O) groups excluding carboxylic acids is 1. The molecule has 1 N–H and O–H groups in total. The lowest BCUT2D eigenvalue weighted by Gasteiger charge is -2.29. The molecule has 0 bridgehead atoms. The average molecular weight is 393 g/mol. The van der Waals surface area contributed by atoms with Crippen LogP contribution in [0.25, 0.3) is 27.6 Å². The van der Waals surface area contributed by atoms with Crippen LogP contribution in [0.1, 0.15) is 15.9 Å². The molecule has 0 aromatic heterocycles. The van der Waals surface area contributed by atoms with Crippen molar-refractivity contribution in [1.82, 2.24) is 5.32 Å². The molecular weight excluding hydrogens is 368 g/mol. The molecule has 1 heterocycles. The van der Waals surface area contributed by atoms with Gasteiger partial charge in [-0.05, 0) is 75.6 Å². The third-order valence-corrected chi connectivity index (χ3v) is 5.79. The van der Waals surface area contributed by atoms with Crippen molar-refractivity contribution < 1.29 is 4.79 Å². The average Bonchev–Trinajstić information content (AvgIpc) is 2.81. The molecule has 4 aromatic rings. The van der Waals surface area contributed by atoms with E-state index in [1.807, 2.05) is 30.3 Å². The Hall–Kier alpha value is -3.43. The summed E-state index contributed by atoms with van der Waals surface area (Å²) in [4.78, 5) is 15.0. The first-order valence-corrected chi connectivity index (χ1v) is 10.5. The zero-order valence-electron chi connectivity index (χ0n) is 16.8. The SMILES string of the molecule is O=C(/C=C/c1ccc2cc3ccccc3cc2c1)c1ccc(N2CCNCC2)cc1. The summed E-state index contributed by atoms with van der Waals surface area (Å²) in [7, 11) is 0. The van der Waals surface area contributed by atoms with Gasteiger partial charge in [0.2, 0.25) is 0 Å². The smallest absolute Gasteiger partial charge is 0.185 e. The molecule has 1 fully saturated rings. The number of hydrogen-bond acceptors (Lipinski definition) is 3. The van der Waals surface area contributed by atoms with Gasteiger partial charge in [-0.25, -0.2) is 0 Å². The number of benzene rings is 4. The Morgan fingerprint density at radius 2 is 1.43 bits per heavy atom. The fraction of sp³-hybridized carbons (Fsp3) is 0.148. The van der Waals surface area contributed by atoms with Gasteiger partial charge in [0.15, 0.2) is 5.78 Å². The lowest BCUT2D eigenvalue weighted by atomic mass is 10.0. The standard InChI is InChI=1S/C27H24N2O/c30-27(21-8-10-26(11-9-21)29-15-13-28-14-16-29)12-6-20-5-7-24-18-22-3-1-2-4-23(22)19-25(24)17-20/h1-12,17-19,28H,13-16H2/b12-6+. The van der Waals surface area contributed by atoms with Crippen LogP contribution in [0.5, 0.6) is 0 Å². The van der Waals surface area contributed by atoms with E-state index >= 15 is 0 Å². The number of allylic oxidation sites excluding steroid dienone is 1. The number of nitrogens with zero attached hydrogens (tertiary/aromatic N) is 1. The van der Waals surface area contributed by atoms with Gasteiger partial charge in [0.1, 0.15) is 0 Å². The predicted octanol–water partition coefficient (Wildman–Crippen LogP) is 5.30. The quantitative estimate of drug-likeness (QED) is 0.291. The maximum Gasteiger partial charge on any atom is 0.185 e. The number of rotatable bonds is 4. The number of anilines is 1. The van der Waals surface area contributed by atoms with Gasteiger partial charge in [0.05, 0.1) is 0 Å². The monoisotopic (exact) mass is 392 g/mol. The molecule has 0 spiro atoms. The van der Waals surface area contributed by atoms with E-state index in [2.05, 4.69) is 64.8 Å². The van der Waals surface area contributed by atoms with Crippen LogP contribution in [-0.4, -0.2) is 32.0 Å². The highest BCUT2D eigenvalue weighted by Gasteiger charge is 2.11. The third kappa shape index (κ3) is 3.85. The third-order valence-electron chi connectivity index (χ3n) is 5.79. The minimum atomic E-state index is 0.0282. The van der Waals surface area contributed by atoms with Crippen molar-refractivity contribution in [2.75, 3.05) is 31.1 Å². The Bertz CT molecular complexity index is 1230. The molecule has 1 aliphatic heterocycles. The highest BCUT2D eigenvalue weighted by atomic mass is 16.1. The summed E-state index contributed by atoms with van der Waals surface area (Å²) in [5.41, 5.74) is 2.93. The first-order valence-electron chi connectivity index (χ1n) is 10.5. The molecule has 1 saturated heterocycles. The molecule has 0 radical (unpaired) electrons. The Morgan fingerprint density at radius 1 is 0.767 bits per heavy atom. The molecule has 0 unspecified atom stereocenters. The molecule has 3 heteroatoms. The van der Waals surface area contributed by atoms with E-state index in [4.69, 9.17) is 0 Å². The van der Waals surface area contributed by atoms with Crippen LogP contribution in [0.4, 0.5) is 5.69 Å². The van der Waals surface area contributed by atoms with E-state index in [9.17, 15) is 4.79 Å². The summed E-state index contributed by atoms with van der Waals surface area (Å²) in [5.74, 6) is 0.0282. The maximum absolute atomic E-state index is 12.6. The van der Waals surface area contributed by atoms with Gasteiger partial charge < -0.3 is 10.2 Å². The number of piperazine rings is 1. The minimum absolute atomic E-state index is 0.0282. The van der Waals surface area contributed by atoms with Crippen LogP contribution in [0, 0.1) is 0 Å². The minimum Gasteiger partial charge on any atom is -0.369 e. The molecule has 148 valence electrons. The number of hydrogen-bond donors (Lipinski definition) is 1. The van der Waals surface area contributed by atoms with Crippen molar-refractivity contribution in [3.05, 3.63) is 96.1 Å². The molecule has 0 aliphatic carbocycles. The molecule has 0 amide bonds. The van der Waals surface area contributed by atoms with Crippen molar-refractivity contribution in [2.45, 2.75) is 0 Å². The summed E-state index contributed by atoms with van der Waals surface area (Å²) in [6.07, 6.45) is 3.57. The van der Waals surface area contributed by atoms with Gasteiger partial charge in [0, 0.05) is 37.4 Å². The second kappa shape index (κ2) is 8.13. The Balaban J connectivity index is 1.34. The number of ketones is 1. The number of carbonyl (C=O) groups is 1. The Kier molecular flexibility index (Phi) is 5.04. The van der Waals surface area contributed by atoms with E-state index in [1.54, 1.807) is 6.08 Å². The van der Waals surface area contributed by atoms with Crippen molar-refractivity contribution >= 4 is 39.1 Å². The van der Waals surface area contributed by atoms with E-state index in [1.165, 1.54) is 27.2 Å². The summed E-state index contributed by atoms with van der Waals surface area (Å²) >= 11 is 0. The van der Waals surface area contributed by atoms with E-state index < -0.39 is 0 Å². The molecule has 1 aliphatic rings. The zero-order valence-corrected chi connectivity index (χ0v) is 16.8. The summed E-state index contributed by atoms with van der Waals surface area (Å²) in [5, 5.41) is 8.23. The fourth-order valence-corrected chi connectivity index (χ4v) is 4.09. The largest absolute Gasteiger partial charge is 0.369 e. The Labute approximate surface area is 176 Å². The van der Waals surface area contributed by atoms with Gasteiger partial charge in [-0.3, -0.25) is 4.79 Å². The van der Waals surface area contributed by atoms with Crippen LogP contribution in [0.15, 0.2) is 84.9 Å². The summed E-state index contributed by atoms with van der Waals surface area (Å²) in [6.45, 7) is 4.02. The normalized spacial score (nSPS) is 14.6. The van der Waals surface area contributed by atoms with Gasteiger partial charge in [0.25, 0.3) is 0 Å². The molecule has 3 nitrogen and oxygen atoms in total.